The predicted octanol–water partition coefficient (Wildman–Crippen LogP) is 2.32. The van der Waals surface area contributed by atoms with Crippen LogP contribution in [0.25, 0.3) is 11.0 Å². The molecule has 2 aromatic carbocycles. The molecule has 0 fully saturated rings. The van der Waals surface area contributed by atoms with Crippen molar-refractivity contribution in [3.8, 4) is 17.2 Å². The molecule has 4 rings (SSSR count). The Hall–Kier alpha value is -3.39. The Bertz CT molecular complexity index is 1240. The predicted molar refractivity (Wildman–Crippen MR) is 111 cm³/mol. The highest BCUT2D eigenvalue weighted by Gasteiger charge is 2.15. The van der Waals surface area contributed by atoms with Crippen LogP contribution in [0.5, 0.6) is 17.2 Å². The van der Waals surface area contributed by atoms with Crippen molar-refractivity contribution in [3.63, 3.8) is 0 Å². The zero-order valence-electron chi connectivity index (χ0n) is 16.2. The summed E-state index contributed by atoms with van der Waals surface area (Å²) in [5.74, 6) is 2.18. The van der Waals surface area contributed by atoms with Crippen LogP contribution >= 0.6 is 11.3 Å². The number of benzene rings is 2. The highest BCUT2D eigenvalue weighted by atomic mass is 32.1. The Kier molecular flexibility index (Phi) is 5.18. The Morgan fingerprint density at radius 2 is 1.69 bits per heavy atom. The molecule has 29 heavy (non-hydrogen) atoms. The van der Waals surface area contributed by atoms with E-state index < -0.39 is 0 Å². The van der Waals surface area contributed by atoms with Gasteiger partial charge in [0.05, 0.1) is 25.9 Å². The highest BCUT2D eigenvalue weighted by molar-refractivity contribution is 7.15. The molecule has 0 radical (unpaired) electrons. The van der Waals surface area contributed by atoms with Crippen molar-refractivity contribution in [2.24, 2.45) is 0 Å². The van der Waals surface area contributed by atoms with Crippen molar-refractivity contribution in [1.82, 2.24) is 14.6 Å². The zero-order chi connectivity index (χ0) is 20.4. The Labute approximate surface area is 170 Å². The Morgan fingerprint density at radius 3 is 2.31 bits per heavy atom. The molecule has 0 saturated heterocycles. The van der Waals surface area contributed by atoms with Crippen LogP contribution in [-0.4, -0.2) is 35.9 Å². The number of fused-ring (bicyclic) bond motifs is 1. The molecule has 7 nitrogen and oxygen atoms in total. The van der Waals surface area contributed by atoms with E-state index >= 15 is 0 Å². The van der Waals surface area contributed by atoms with Crippen molar-refractivity contribution in [2.75, 3.05) is 21.3 Å². The van der Waals surface area contributed by atoms with E-state index in [0.717, 1.165) is 11.1 Å². The monoisotopic (exact) mass is 409 g/mol. The van der Waals surface area contributed by atoms with Crippen molar-refractivity contribution in [2.45, 2.75) is 6.42 Å². The lowest BCUT2D eigenvalue weighted by Gasteiger charge is -2.12. The van der Waals surface area contributed by atoms with E-state index in [1.165, 1.54) is 11.3 Å². The molecule has 0 amide bonds. The number of hydrogen-bond acceptors (Lipinski definition) is 7. The van der Waals surface area contributed by atoms with Gasteiger partial charge >= 0.3 is 0 Å². The van der Waals surface area contributed by atoms with Crippen LogP contribution < -0.4 is 24.3 Å². The van der Waals surface area contributed by atoms with Gasteiger partial charge in [-0.25, -0.2) is 4.40 Å². The summed E-state index contributed by atoms with van der Waals surface area (Å²) < 4.78 is 18.3. The van der Waals surface area contributed by atoms with E-state index in [1.807, 2.05) is 30.3 Å². The van der Waals surface area contributed by atoms with Gasteiger partial charge in [0.1, 0.15) is 5.82 Å². The SMILES string of the molecule is COc1cc(/C=c2\sc3nnc(Cc4ccccc4)n3c2=O)cc(OC)c1OC. The molecule has 4 aromatic rings. The molecule has 0 aliphatic carbocycles. The average molecular weight is 409 g/mol. The average Bonchev–Trinajstić information content (AvgIpc) is 3.28. The van der Waals surface area contributed by atoms with E-state index in [1.54, 1.807) is 43.9 Å². The van der Waals surface area contributed by atoms with E-state index in [2.05, 4.69) is 10.2 Å². The van der Waals surface area contributed by atoms with E-state index in [-0.39, 0.29) is 5.56 Å². The standard InChI is InChI=1S/C21H19N3O4S/c1-26-15-9-14(10-16(27-2)19(15)28-3)11-17-20(25)24-18(22-23-21(24)29-17)12-13-7-5-4-6-8-13/h4-11H,12H2,1-3H3/b17-11-. The largest absolute Gasteiger partial charge is 0.493 e. The summed E-state index contributed by atoms with van der Waals surface area (Å²) in [5, 5.41) is 8.36. The first-order chi connectivity index (χ1) is 14.1. The molecule has 0 saturated carbocycles. The van der Waals surface area contributed by atoms with Crippen molar-refractivity contribution in [1.29, 1.82) is 0 Å². The summed E-state index contributed by atoms with van der Waals surface area (Å²) in [7, 11) is 4.66. The van der Waals surface area contributed by atoms with Crippen molar-refractivity contribution < 1.29 is 14.2 Å². The van der Waals surface area contributed by atoms with Crippen LogP contribution in [0.2, 0.25) is 0 Å². The number of rotatable bonds is 6. The third-order valence-electron chi connectivity index (χ3n) is 4.51. The number of aromatic nitrogens is 3. The Balaban J connectivity index is 1.80. The van der Waals surface area contributed by atoms with E-state index in [9.17, 15) is 4.79 Å². The molecule has 0 N–H and O–H groups in total. The molecule has 2 heterocycles. The molecule has 0 aliphatic heterocycles. The van der Waals surface area contributed by atoms with Gasteiger partial charge in [0.25, 0.3) is 5.56 Å². The van der Waals surface area contributed by atoms with E-state index in [4.69, 9.17) is 14.2 Å². The van der Waals surface area contributed by atoms with Crippen LogP contribution in [0, 0.1) is 0 Å². The minimum Gasteiger partial charge on any atom is -0.493 e. The van der Waals surface area contributed by atoms with Gasteiger partial charge in [-0.1, -0.05) is 41.7 Å². The van der Waals surface area contributed by atoms with Gasteiger partial charge in [-0.15, -0.1) is 10.2 Å². The number of thiazole rings is 1. The minimum absolute atomic E-state index is 0.144. The van der Waals surface area contributed by atoms with Gasteiger partial charge in [0.2, 0.25) is 10.7 Å². The molecule has 8 heteroatoms. The summed E-state index contributed by atoms with van der Waals surface area (Å²) in [4.78, 5) is 13.6. The number of hydrogen-bond donors (Lipinski definition) is 0. The molecule has 148 valence electrons. The second-order valence-corrected chi connectivity index (χ2v) is 7.28. The van der Waals surface area contributed by atoms with Gasteiger partial charge in [-0.05, 0) is 29.3 Å². The topological polar surface area (TPSA) is 75.0 Å². The fraction of sp³-hybridized carbons (Fsp3) is 0.190. The number of methoxy groups -OCH3 is 3. The quantitative estimate of drug-likeness (QED) is 0.487. The fourth-order valence-electron chi connectivity index (χ4n) is 3.14. The van der Waals surface area contributed by atoms with Crippen molar-refractivity contribution in [3.05, 3.63) is 74.3 Å². The molecule has 0 atom stereocenters. The third-order valence-corrected chi connectivity index (χ3v) is 5.46. The van der Waals surface area contributed by atoms with Gasteiger partial charge in [0, 0.05) is 6.42 Å². The molecular formula is C21H19N3O4S. The highest BCUT2D eigenvalue weighted by Crippen LogP contribution is 2.38. The summed E-state index contributed by atoms with van der Waals surface area (Å²) in [6.07, 6.45) is 2.33. The third kappa shape index (κ3) is 3.54. The molecular weight excluding hydrogens is 390 g/mol. The lowest BCUT2D eigenvalue weighted by Crippen LogP contribution is -2.24. The Morgan fingerprint density at radius 1 is 1.00 bits per heavy atom. The fourth-order valence-corrected chi connectivity index (χ4v) is 4.07. The minimum atomic E-state index is -0.144. The van der Waals surface area contributed by atoms with E-state index in [0.29, 0.717) is 39.0 Å². The summed E-state index contributed by atoms with van der Waals surface area (Å²) in [6.45, 7) is 0. The molecule has 0 unspecified atom stereocenters. The number of ether oxygens (including phenoxy) is 3. The normalized spacial score (nSPS) is 11.8. The van der Waals surface area contributed by atoms with Crippen LogP contribution in [0.15, 0.2) is 47.3 Å². The van der Waals surface area contributed by atoms with Crippen LogP contribution in [-0.2, 0) is 6.42 Å². The van der Waals surface area contributed by atoms with Gasteiger partial charge in [-0.3, -0.25) is 4.79 Å². The molecule has 2 aromatic heterocycles. The molecule has 0 aliphatic rings. The van der Waals surface area contributed by atoms with Gasteiger partial charge in [-0.2, -0.15) is 0 Å². The smallest absolute Gasteiger partial charge is 0.275 e. The lowest BCUT2D eigenvalue weighted by atomic mass is 10.1. The van der Waals surface area contributed by atoms with Crippen LogP contribution in [0.3, 0.4) is 0 Å². The van der Waals surface area contributed by atoms with Gasteiger partial charge < -0.3 is 14.2 Å². The number of nitrogens with zero attached hydrogens (tertiary/aromatic N) is 3. The maximum atomic E-state index is 13.0. The maximum absolute atomic E-state index is 13.0. The summed E-state index contributed by atoms with van der Waals surface area (Å²) in [5.41, 5.74) is 1.69. The lowest BCUT2D eigenvalue weighted by molar-refractivity contribution is 0.324. The molecule has 0 spiro atoms. The maximum Gasteiger partial charge on any atom is 0.275 e. The first-order valence-corrected chi connectivity index (χ1v) is 9.68. The van der Waals surface area contributed by atoms with Gasteiger partial charge in [0.15, 0.2) is 11.5 Å². The second-order valence-electron chi connectivity index (χ2n) is 6.27. The zero-order valence-corrected chi connectivity index (χ0v) is 17.0. The van der Waals surface area contributed by atoms with Crippen LogP contribution in [0.1, 0.15) is 17.0 Å². The second kappa shape index (κ2) is 7.92. The summed E-state index contributed by atoms with van der Waals surface area (Å²) >= 11 is 1.30. The first kappa shape index (κ1) is 18.9. The first-order valence-electron chi connectivity index (χ1n) is 8.87. The molecule has 0 bridgehead atoms. The summed E-state index contributed by atoms with van der Waals surface area (Å²) in [6, 6.07) is 13.5. The van der Waals surface area contributed by atoms with Crippen molar-refractivity contribution >= 4 is 22.4 Å². The van der Waals surface area contributed by atoms with Crippen LogP contribution in [0.4, 0.5) is 0 Å².